The highest BCUT2D eigenvalue weighted by Crippen LogP contribution is 2.13. The molecule has 0 aromatic heterocycles. The van der Waals surface area contributed by atoms with E-state index in [9.17, 15) is 4.79 Å². The summed E-state index contributed by atoms with van der Waals surface area (Å²) in [5.74, 6) is 0.485. The summed E-state index contributed by atoms with van der Waals surface area (Å²) in [7, 11) is 0. The van der Waals surface area contributed by atoms with Gasteiger partial charge in [0.25, 0.3) is 0 Å². The molecule has 4 heteroatoms. The van der Waals surface area contributed by atoms with Gasteiger partial charge in [0.2, 0.25) is 0 Å². The topological polar surface area (TPSA) is 50.4 Å². The van der Waals surface area contributed by atoms with E-state index in [1.807, 2.05) is 30.3 Å². The summed E-state index contributed by atoms with van der Waals surface area (Å²) < 4.78 is 5.25. The highest BCUT2D eigenvalue weighted by molar-refractivity contribution is 5.67. The minimum absolute atomic E-state index is 0.207. The van der Waals surface area contributed by atoms with Crippen molar-refractivity contribution < 1.29 is 9.53 Å². The molecule has 1 heterocycles. The van der Waals surface area contributed by atoms with Gasteiger partial charge < -0.3 is 15.4 Å². The molecule has 0 saturated carbocycles. The first-order chi connectivity index (χ1) is 9.25. The van der Waals surface area contributed by atoms with Crippen LogP contribution in [-0.2, 0) is 11.3 Å². The third-order valence-corrected chi connectivity index (χ3v) is 3.61. The predicted molar refractivity (Wildman–Crippen MR) is 74.8 cm³/mol. The van der Waals surface area contributed by atoms with E-state index in [-0.39, 0.29) is 12.1 Å². The van der Waals surface area contributed by atoms with Crippen LogP contribution in [0.1, 0.15) is 25.3 Å². The molecular formula is C15H22N2O2. The van der Waals surface area contributed by atoms with Crippen LogP contribution >= 0.6 is 0 Å². The molecule has 0 bridgehead atoms. The zero-order valence-electron chi connectivity index (χ0n) is 11.4. The van der Waals surface area contributed by atoms with Gasteiger partial charge in [0.1, 0.15) is 6.61 Å². The molecule has 1 aromatic rings. The van der Waals surface area contributed by atoms with Crippen molar-refractivity contribution in [2.24, 2.45) is 5.92 Å². The monoisotopic (exact) mass is 262 g/mol. The van der Waals surface area contributed by atoms with Gasteiger partial charge in [-0.3, -0.25) is 0 Å². The van der Waals surface area contributed by atoms with Crippen molar-refractivity contribution in [3.05, 3.63) is 35.9 Å². The SMILES string of the molecule is C[C@@H]1CCNCC[C@@H]1NC(=O)OCc1ccccc1. The van der Waals surface area contributed by atoms with Gasteiger partial charge in [-0.25, -0.2) is 4.79 Å². The Labute approximate surface area is 114 Å². The number of carbonyl (C=O) groups is 1. The fraction of sp³-hybridized carbons (Fsp3) is 0.533. The normalized spacial score (nSPS) is 23.4. The lowest BCUT2D eigenvalue weighted by molar-refractivity contribution is 0.131. The Morgan fingerprint density at radius 3 is 2.84 bits per heavy atom. The maximum atomic E-state index is 11.8. The number of nitrogens with one attached hydrogen (secondary N) is 2. The summed E-state index contributed by atoms with van der Waals surface area (Å²) in [5, 5.41) is 6.32. The van der Waals surface area contributed by atoms with Gasteiger partial charge in [0, 0.05) is 6.04 Å². The van der Waals surface area contributed by atoms with Crippen molar-refractivity contribution in [1.29, 1.82) is 0 Å². The number of rotatable bonds is 3. The van der Waals surface area contributed by atoms with E-state index >= 15 is 0 Å². The Hall–Kier alpha value is -1.55. The van der Waals surface area contributed by atoms with Gasteiger partial charge in [-0.15, -0.1) is 0 Å². The standard InChI is InChI=1S/C15H22N2O2/c1-12-7-9-16-10-8-14(12)17-15(18)19-11-13-5-3-2-4-6-13/h2-6,12,14,16H,7-11H2,1H3,(H,17,18)/t12-,14+/m1/s1. The van der Waals surface area contributed by atoms with Crippen molar-refractivity contribution in [2.75, 3.05) is 13.1 Å². The summed E-state index contributed by atoms with van der Waals surface area (Å²) in [4.78, 5) is 11.8. The number of carbonyl (C=O) groups excluding carboxylic acids is 1. The van der Waals surface area contributed by atoms with E-state index in [0.29, 0.717) is 12.5 Å². The summed E-state index contributed by atoms with van der Waals surface area (Å²) in [6, 6.07) is 9.93. The Balaban J connectivity index is 1.77. The number of benzene rings is 1. The van der Waals surface area contributed by atoms with Crippen LogP contribution in [0.15, 0.2) is 30.3 Å². The van der Waals surface area contributed by atoms with Crippen molar-refractivity contribution >= 4 is 6.09 Å². The molecule has 1 aliphatic heterocycles. The zero-order chi connectivity index (χ0) is 13.5. The van der Waals surface area contributed by atoms with Crippen LogP contribution in [0.5, 0.6) is 0 Å². The lowest BCUT2D eigenvalue weighted by Gasteiger charge is -2.22. The smallest absolute Gasteiger partial charge is 0.407 e. The maximum Gasteiger partial charge on any atom is 0.407 e. The van der Waals surface area contributed by atoms with Crippen molar-refractivity contribution in [3.8, 4) is 0 Å². The molecule has 1 aliphatic rings. The number of alkyl carbamates (subject to hydrolysis) is 1. The molecule has 0 unspecified atom stereocenters. The fourth-order valence-electron chi connectivity index (χ4n) is 2.33. The molecule has 1 saturated heterocycles. The van der Waals surface area contributed by atoms with Crippen LogP contribution in [0.4, 0.5) is 4.79 Å². The minimum atomic E-state index is -0.317. The molecule has 2 atom stereocenters. The first-order valence-corrected chi connectivity index (χ1v) is 6.93. The molecule has 4 nitrogen and oxygen atoms in total. The Morgan fingerprint density at radius 2 is 2.05 bits per heavy atom. The summed E-state index contributed by atoms with van der Waals surface area (Å²) in [6.07, 6.45) is 1.73. The van der Waals surface area contributed by atoms with Crippen molar-refractivity contribution in [2.45, 2.75) is 32.4 Å². The Bertz CT molecular complexity index is 394. The van der Waals surface area contributed by atoms with E-state index in [4.69, 9.17) is 4.74 Å². The van der Waals surface area contributed by atoms with Gasteiger partial charge in [-0.1, -0.05) is 37.3 Å². The number of hydrogen-bond acceptors (Lipinski definition) is 3. The van der Waals surface area contributed by atoms with Gasteiger partial charge >= 0.3 is 6.09 Å². The molecule has 104 valence electrons. The average Bonchev–Trinajstić information content (AvgIpc) is 2.63. The van der Waals surface area contributed by atoms with Gasteiger partial charge in [0.15, 0.2) is 0 Å². The first kappa shape index (κ1) is 13.9. The fourth-order valence-corrected chi connectivity index (χ4v) is 2.33. The van der Waals surface area contributed by atoms with E-state index in [1.165, 1.54) is 0 Å². The van der Waals surface area contributed by atoms with E-state index in [2.05, 4.69) is 17.6 Å². The van der Waals surface area contributed by atoms with E-state index in [1.54, 1.807) is 0 Å². The van der Waals surface area contributed by atoms with E-state index in [0.717, 1.165) is 31.5 Å². The average molecular weight is 262 g/mol. The molecule has 2 N–H and O–H groups in total. The number of hydrogen-bond donors (Lipinski definition) is 2. The van der Waals surface area contributed by atoms with Gasteiger partial charge in [0.05, 0.1) is 0 Å². The van der Waals surface area contributed by atoms with Crippen molar-refractivity contribution in [3.63, 3.8) is 0 Å². The molecule has 0 radical (unpaired) electrons. The van der Waals surface area contributed by atoms with E-state index < -0.39 is 0 Å². The minimum Gasteiger partial charge on any atom is -0.445 e. The Morgan fingerprint density at radius 1 is 1.32 bits per heavy atom. The highest BCUT2D eigenvalue weighted by atomic mass is 16.5. The van der Waals surface area contributed by atoms with Crippen LogP contribution in [0, 0.1) is 5.92 Å². The summed E-state index contributed by atoms with van der Waals surface area (Å²) >= 11 is 0. The van der Waals surface area contributed by atoms with Crippen LogP contribution in [0.3, 0.4) is 0 Å². The second-order valence-electron chi connectivity index (χ2n) is 5.12. The van der Waals surface area contributed by atoms with Crippen LogP contribution in [-0.4, -0.2) is 25.2 Å². The summed E-state index contributed by atoms with van der Waals surface area (Å²) in [6.45, 7) is 4.48. The molecular weight excluding hydrogens is 240 g/mol. The van der Waals surface area contributed by atoms with Crippen LogP contribution in [0.25, 0.3) is 0 Å². The molecule has 1 amide bonds. The lowest BCUT2D eigenvalue weighted by Crippen LogP contribution is -2.39. The zero-order valence-corrected chi connectivity index (χ0v) is 11.4. The Kier molecular flexibility index (Phi) is 5.21. The third-order valence-electron chi connectivity index (χ3n) is 3.61. The molecule has 0 aliphatic carbocycles. The molecule has 0 spiro atoms. The number of amides is 1. The second-order valence-corrected chi connectivity index (χ2v) is 5.12. The largest absolute Gasteiger partial charge is 0.445 e. The third kappa shape index (κ3) is 4.56. The quantitative estimate of drug-likeness (QED) is 0.879. The van der Waals surface area contributed by atoms with Gasteiger partial charge in [-0.2, -0.15) is 0 Å². The predicted octanol–water partition coefficient (Wildman–Crippen LogP) is 2.30. The first-order valence-electron chi connectivity index (χ1n) is 6.93. The lowest BCUT2D eigenvalue weighted by atomic mass is 9.97. The summed E-state index contributed by atoms with van der Waals surface area (Å²) in [5.41, 5.74) is 1.01. The molecule has 19 heavy (non-hydrogen) atoms. The molecule has 1 fully saturated rings. The second kappa shape index (κ2) is 7.14. The maximum absolute atomic E-state index is 11.8. The highest BCUT2D eigenvalue weighted by Gasteiger charge is 2.21. The molecule has 2 rings (SSSR count). The molecule has 1 aromatic carbocycles. The van der Waals surface area contributed by atoms with Gasteiger partial charge in [-0.05, 0) is 37.4 Å². The van der Waals surface area contributed by atoms with Crippen molar-refractivity contribution in [1.82, 2.24) is 10.6 Å². The number of ether oxygens (including phenoxy) is 1. The van der Waals surface area contributed by atoms with Crippen LogP contribution in [0.2, 0.25) is 0 Å². The van der Waals surface area contributed by atoms with Crippen LogP contribution < -0.4 is 10.6 Å².